The first kappa shape index (κ1) is 22.1. The summed E-state index contributed by atoms with van der Waals surface area (Å²) in [5, 5.41) is 43.3. The Hall–Kier alpha value is -3.69. The summed E-state index contributed by atoms with van der Waals surface area (Å²) < 4.78 is 0. The van der Waals surface area contributed by atoms with E-state index in [1.807, 2.05) is 0 Å². The Morgan fingerprint density at radius 3 is 2.50 bits per heavy atom. The number of fused-ring (bicyclic) bond motifs is 3. The van der Waals surface area contributed by atoms with Crippen molar-refractivity contribution >= 4 is 29.1 Å². The van der Waals surface area contributed by atoms with Gasteiger partial charge in [0.2, 0.25) is 5.78 Å². The molecule has 10 heteroatoms. The van der Waals surface area contributed by atoms with Crippen LogP contribution in [0.2, 0.25) is 5.15 Å². The molecule has 0 aliphatic heterocycles. The predicted octanol–water partition coefficient (Wildman–Crippen LogP) is 2.30. The zero-order valence-corrected chi connectivity index (χ0v) is 18.3. The molecule has 0 saturated heterocycles. The molecule has 34 heavy (non-hydrogen) atoms. The molecule has 2 aromatic rings. The minimum absolute atomic E-state index is 0.0518. The van der Waals surface area contributed by atoms with Crippen LogP contribution in [0.25, 0.3) is 11.1 Å². The van der Waals surface area contributed by atoms with Crippen LogP contribution in [0.3, 0.4) is 0 Å². The van der Waals surface area contributed by atoms with E-state index in [-0.39, 0.29) is 36.1 Å². The number of aliphatic hydroxyl groups excluding tert-OH is 2. The number of rotatable bonds is 2. The Kier molecular flexibility index (Phi) is 4.82. The van der Waals surface area contributed by atoms with Crippen molar-refractivity contribution in [2.24, 2.45) is 17.6 Å². The van der Waals surface area contributed by atoms with Crippen LogP contribution < -0.4 is 5.73 Å². The zero-order valence-electron chi connectivity index (χ0n) is 17.6. The standard InChI is InChI=1S/C24H19ClN2O7/c25-16-4-1-9(8-27-16)12-2-3-14(28)18-13(12)6-10-5-11-7-15(29)19(23(26)33)22(32)24(11,34)21(31)17(10)20(18)30/h1-4,8,10-11,28-29,31,34H,5-7H2,(H2,26,33)/t10-,11+,24+/m1/s1. The Bertz CT molecular complexity index is 1360. The number of carbonyl (C=O) groups excluding carboxylic acids is 3. The SMILES string of the molecule is NC(=O)C1=C(O)C[C@@H]2C[C@@H]3Cc4c(-c5ccc(Cl)nc5)ccc(O)c4C(=O)C3=C(O)[C@]2(O)C1=O. The second-order valence-corrected chi connectivity index (χ2v) is 9.15. The summed E-state index contributed by atoms with van der Waals surface area (Å²) in [7, 11) is 0. The molecular weight excluding hydrogens is 464 g/mol. The largest absolute Gasteiger partial charge is 0.511 e. The number of aromatic hydroxyl groups is 1. The summed E-state index contributed by atoms with van der Waals surface area (Å²) in [5.74, 6) is -6.57. The van der Waals surface area contributed by atoms with Gasteiger partial charge >= 0.3 is 0 Å². The number of ketones is 2. The van der Waals surface area contributed by atoms with Crippen LogP contribution >= 0.6 is 11.6 Å². The van der Waals surface area contributed by atoms with E-state index in [9.17, 15) is 34.8 Å². The fourth-order valence-corrected chi connectivity index (χ4v) is 5.54. The van der Waals surface area contributed by atoms with Gasteiger partial charge in [-0.1, -0.05) is 17.7 Å². The number of benzene rings is 1. The summed E-state index contributed by atoms with van der Waals surface area (Å²) in [6.45, 7) is 0. The van der Waals surface area contributed by atoms with Crippen LogP contribution in [0.4, 0.5) is 0 Å². The number of nitrogens with zero attached hydrogens (tertiary/aromatic N) is 1. The predicted molar refractivity (Wildman–Crippen MR) is 119 cm³/mol. The first-order valence-corrected chi connectivity index (χ1v) is 10.9. The fraction of sp³-hybridized carbons (Fsp3) is 0.250. The summed E-state index contributed by atoms with van der Waals surface area (Å²) in [5.41, 5.74) is 3.40. The summed E-state index contributed by atoms with van der Waals surface area (Å²) in [6.07, 6.45) is 1.54. The van der Waals surface area contributed by atoms with Crippen molar-refractivity contribution < 1.29 is 34.8 Å². The maximum atomic E-state index is 13.5. The van der Waals surface area contributed by atoms with E-state index in [2.05, 4.69) is 4.98 Å². The van der Waals surface area contributed by atoms with Crippen molar-refractivity contribution in [2.75, 3.05) is 0 Å². The lowest BCUT2D eigenvalue weighted by Crippen LogP contribution is -2.57. The molecular formula is C24H19ClN2O7. The Labute approximate surface area is 197 Å². The number of primary amides is 1. The summed E-state index contributed by atoms with van der Waals surface area (Å²) >= 11 is 5.89. The number of pyridine rings is 1. The molecule has 0 unspecified atom stereocenters. The lowest BCUT2D eigenvalue weighted by atomic mass is 9.60. The van der Waals surface area contributed by atoms with Crippen molar-refractivity contribution in [1.82, 2.24) is 4.98 Å². The second-order valence-electron chi connectivity index (χ2n) is 8.77. The highest BCUT2D eigenvalue weighted by Gasteiger charge is 2.59. The third-order valence-electron chi connectivity index (χ3n) is 6.98. The molecule has 0 bridgehead atoms. The van der Waals surface area contributed by atoms with Crippen LogP contribution in [0.5, 0.6) is 5.75 Å². The van der Waals surface area contributed by atoms with Gasteiger partial charge in [0.1, 0.15) is 28.0 Å². The third kappa shape index (κ3) is 2.90. The Morgan fingerprint density at radius 2 is 1.85 bits per heavy atom. The maximum Gasteiger partial charge on any atom is 0.255 e. The number of amides is 1. The molecule has 3 aliphatic rings. The maximum absolute atomic E-state index is 13.5. The van der Waals surface area contributed by atoms with Gasteiger partial charge in [0.15, 0.2) is 11.4 Å². The molecule has 174 valence electrons. The van der Waals surface area contributed by atoms with E-state index in [1.54, 1.807) is 18.2 Å². The lowest BCUT2D eigenvalue weighted by Gasteiger charge is -2.45. The van der Waals surface area contributed by atoms with Crippen molar-refractivity contribution in [3.05, 3.63) is 69.4 Å². The average Bonchev–Trinajstić information content (AvgIpc) is 2.77. The Balaban J connectivity index is 1.68. The molecule has 0 radical (unpaired) electrons. The first-order valence-electron chi connectivity index (χ1n) is 10.5. The number of allylic oxidation sites excluding steroid dienone is 2. The number of nitrogens with two attached hydrogens (primary N) is 1. The van der Waals surface area contributed by atoms with Crippen molar-refractivity contribution in [1.29, 1.82) is 0 Å². The summed E-state index contributed by atoms with van der Waals surface area (Å²) in [4.78, 5) is 42.3. The van der Waals surface area contributed by atoms with E-state index >= 15 is 0 Å². The molecule has 9 nitrogen and oxygen atoms in total. The normalized spacial score (nSPS) is 26.2. The van der Waals surface area contributed by atoms with Crippen LogP contribution in [0.15, 0.2) is 53.1 Å². The van der Waals surface area contributed by atoms with E-state index in [0.29, 0.717) is 21.8 Å². The highest BCUT2D eigenvalue weighted by Crippen LogP contribution is 2.52. The number of aromatic nitrogens is 1. The number of carbonyl (C=O) groups is 3. The smallest absolute Gasteiger partial charge is 0.255 e. The van der Waals surface area contributed by atoms with Gasteiger partial charge in [0, 0.05) is 29.7 Å². The number of hydrogen-bond donors (Lipinski definition) is 5. The Morgan fingerprint density at radius 1 is 1.12 bits per heavy atom. The van der Waals surface area contributed by atoms with Crippen LogP contribution in [-0.4, -0.2) is 48.5 Å². The molecule has 0 spiro atoms. The van der Waals surface area contributed by atoms with E-state index in [1.165, 1.54) is 12.3 Å². The third-order valence-corrected chi connectivity index (χ3v) is 7.21. The molecule has 3 atom stereocenters. The molecule has 1 aromatic carbocycles. The second kappa shape index (κ2) is 7.41. The average molecular weight is 483 g/mol. The van der Waals surface area contributed by atoms with E-state index in [0.717, 1.165) is 0 Å². The molecule has 6 N–H and O–H groups in total. The number of phenolic OH excluding ortho intramolecular Hbond substituents is 1. The topological polar surface area (TPSA) is 171 Å². The minimum atomic E-state index is -2.58. The van der Waals surface area contributed by atoms with Crippen LogP contribution in [-0.2, 0) is 16.0 Å². The number of halogens is 1. The van der Waals surface area contributed by atoms with Gasteiger partial charge in [-0.2, -0.15) is 0 Å². The van der Waals surface area contributed by atoms with Gasteiger partial charge < -0.3 is 26.2 Å². The highest BCUT2D eigenvalue weighted by atomic mass is 35.5. The van der Waals surface area contributed by atoms with E-state index in [4.69, 9.17) is 17.3 Å². The van der Waals surface area contributed by atoms with Gasteiger partial charge in [-0.25, -0.2) is 4.98 Å². The molecule has 3 aliphatic carbocycles. The number of hydrogen-bond acceptors (Lipinski definition) is 8. The van der Waals surface area contributed by atoms with Gasteiger partial charge in [-0.3, -0.25) is 14.4 Å². The minimum Gasteiger partial charge on any atom is -0.511 e. The number of aliphatic hydroxyl groups is 3. The molecule has 0 saturated carbocycles. The molecule has 1 aromatic heterocycles. The quantitative estimate of drug-likeness (QED) is 0.320. The zero-order chi connectivity index (χ0) is 24.5. The van der Waals surface area contributed by atoms with Gasteiger partial charge in [0.05, 0.1) is 5.56 Å². The monoisotopic (exact) mass is 482 g/mol. The van der Waals surface area contributed by atoms with Gasteiger partial charge in [0.25, 0.3) is 5.91 Å². The van der Waals surface area contributed by atoms with Crippen molar-refractivity contribution in [3.8, 4) is 16.9 Å². The lowest BCUT2D eigenvalue weighted by molar-refractivity contribution is -0.144. The van der Waals surface area contributed by atoms with Crippen LogP contribution in [0, 0.1) is 11.8 Å². The van der Waals surface area contributed by atoms with E-state index < -0.39 is 52.0 Å². The van der Waals surface area contributed by atoms with Crippen LogP contribution in [0.1, 0.15) is 28.8 Å². The molecule has 1 heterocycles. The van der Waals surface area contributed by atoms with Gasteiger partial charge in [-0.05, 0) is 48.1 Å². The molecule has 1 amide bonds. The van der Waals surface area contributed by atoms with Crippen molar-refractivity contribution in [2.45, 2.75) is 24.9 Å². The highest BCUT2D eigenvalue weighted by molar-refractivity contribution is 6.29. The summed E-state index contributed by atoms with van der Waals surface area (Å²) in [6, 6.07) is 6.31. The fourth-order valence-electron chi connectivity index (χ4n) is 5.42. The van der Waals surface area contributed by atoms with Gasteiger partial charge in [-0.15, -0.1) is 0 Å². The number of phenols is 1. The molecule has 0 fully saturated rings. The molecule has 5 rings (SSSR count). The first-order chi connectivity index (χ1) is 16.1. The van der Waals surface area contributed by atoms with Crippen molar-refractivity contribution in [3.63, 3.8) is 0 Å². The number of Topliss-reactive ketones (excluding diaryl/α,β-unsaturated/α-hetero) is 2.